The molecule has 0 unspecified atom stereocenters. The Kier molecular flexibility index (Phi) is 6.71. The van der Waals surface area contributed by atoms with Gasteiger partial charge in [0.05, 0.1) is 23.1 Å². The predicted molar refractivity (Wildman–Crippen MR) is 148 cm³/mol. The summed E-state index contributed by atoms with van der Waals surface area (Å²) in [5, 5.41) is 21.4. The number of aryl methyl sites for hydroxylation is 1. The molecular weight excluding hydrogens is 540 g/mol. The third-order valence-electron chi connectivity index (χ3n) is 7.60. The fourth-order valence-electron chi connectivity index (χ4n) is 5.81. The lowest BCUT2D eigenvalue weighted by Crippen LogP contribution is -2.50. The summed E-state index contributed by atoms with van der Waals surface area (Å²) >= 11 is 7.61. The lowest BCUT2D eigenvalue weighted by atomic mass is 9.72. The number of likely N-dealkylation sites (tertiary alicyclic amines) is 1. The summed E-state index contributed by atoms with van der Waals surface area (Å²) in [4.78, 5) is 39.5. The number of rotatable bonds is 3. The standard InChI is InChI=1S/C26H31ClN8O3S/c1-25(2,3)38-24(37)35-12-13-8-14(35)11-34(13)18-9-16(31-23(27)32-18)20(29)33-22(36)26(4)7-5-6-17-19(26)15(10-28)21(30)39-17/h9,13-14H,5-8,11-12,30H2,1-4H3,(H2,29,33,36)/t13-,14-,26-/m0/s1. The lowest BCUT2D eigenvalue weighted by Gasteiger charge is -2.35. The Labute approximate surface area is 235 Å². The fourth-order valence-corrected chi connectivity index (χ4v) is 7.18. The Morgan fingerprint density at radius 1 is 1.33 bits per heavy atom. The Hall–Kier alpha value is -3.43. The Morgan fingerprint density at radius 3 is 2.72 bits per heavy atom. The smallest absolute Gasteiger partial charge is 0.410 e. The zero-order chi connectivity index (χ0) is 28.3. The Bertz CT molecular complexity index is 1410. The number of ether oxygens (including phenoxy) is 1. The average molecular weight is 571 g/mol. The molecule has 2 saturated heterocycles. The first-order valence-electron chi connectivity index (χ1n) is 12.8. The molecule has 2 fully saturated rings. The van der Waals surface area contributed by atoms with Crippen molar-refractivity contribution in [3.05, 3.63) is 33.0 Å². The van der Waals surface area contributed by atoms with Gasteiger partial charge in [-0.05, 0) is 65.0 Å². The normalized spacial score (nSPS) is 23.8. The van der Waals surface area contributed by atoms with Gasteiger partial charge in [0.1, 0.15) is 28.2 Å². The number of nitrogen functional groups attached to an aromatic ring is 1. The molecule has 206 valence electrons. The molecule has 39 heavy (non-hydrogen) atoms. The largest absolute Gasteiger partial charge is 0.444 e. The van der Waals surface area contributed by atoms with Crippen molar-refractivity contribution in [2.24, 2.45) is 0 Å². The highest BCUT2D eigenvalue weighted by Crippen LogP contribution is 2.45. The van der Waals surface area contributed by atoms with Gasteiger partial charge in [-0.1, -0.05) is 0 Å². The molecule has 11 nitrogen and oxygen atoms in total. The van der Waals surface area contributed by atoms with Gasteiger partial charge in [0.15, 0.2) is 5.84 Å². The molecule has 0 saturated carbocycles. The molecule has 5 rings (SSSR count). The summed E-state index contributed by atoms with van der Waals surface area (Å²) < 4.78 is 5.55. The summed E-state index contributed by atoms with van der Waals surface area (Å²) in [7, 11) is 0. The Morgan fingerprint density at radius 2 is 2.08 bits per heavy atom. The van der Waals surface area contributed by atoms with Crippen LogP contribution in [0.15, 0.2) is 6.07 Å². The summed E-state index contributed by atoms with van der Waals surface area (Å²) in [5.41, 5.74) is 5.68. The summed E-state index contributed by atoms with van der Waals surface area (Å²) in [6, 6.07) is 3.79. The number of thiophene rings is 1. The van der Waals surface area contributed by atoms with Crippen molar-refractivity contribution < 1.29 is 14.3 Å². The van der Waals surface area contributed by atoms with Crippen molar-refractivity contribution >= 4 is 51.6 Å². The van der Waals surface area contributed by atoms with E-state index in [0.29, 0.717) is 41.5 Å². The van der Waals surface area contributed by atoms with Crippen LogP contribution in [0.5, 0.6) is 0 Å². The number of piperazine rings is 1. The molecule has 2 bridgehead atoms. The number of hydrogen-bond donors (Lipinski definition) is 3. The number of aromatic nitrogens is 2. The van der Waals surface area contributed by atoms with E-state index in [1.165, 1.54) is 11.3 Å². The summed E-state index contributed by atoms with van der Waals surface area (Å²) in [6.45, 7) is 8.36. The second-order valence-electron chi connectivity index (χ2n) is 11.5. The van der Waals surface area contributed by atoms with Gasteiger partial charge in [0.2, 0.25) is 11.2 Å². The minimum absolute atomic E-state index is 0.0194. The summed E-state index contributed by atoms with van der Waals surface area (Å²) in [5.74, 6) is -0.0727. The number of nitrogens with two attached hydrogens (primary N) is 1. The highest BCUT2D eigenvalue weighted by Gasteiger charge is 2.47. The van der Waals surface area contributed by atoms with Crippen molar-refractivity contribution in [3.8, 4) is 6.07 Å². The fraction of sp³-hybridized carbons (Fsp3) is 0.538. The van der Waals surface area contributed by atoms with Crippen LogP contribution in [0.25, 0.3) is 0 Å². The minimum Gasteiger partial charge on any atom is -0.444 e. The van der Waals surface area contributed by atoms with E-state index in [9.17, 15) is 14.9 Å². The van der Waals surface area contributed by atoms with Crippen molar-refractivity contribution in [3.63, 3.8) is 0 Å². The molecule has 4 heterocycles. The molecule has 3 atom stereocenters. The van der Waals surface area contributed by atoms with Crippen molar-refractivity contribution in [1.82, 2.24) is 20.2 Å². The third-order valence-corrected chi connectivity index (χ3v) is 8.84. The molecule has 2 aromatic heterocycles. The van der Waals surface area contributed by atoms with Gasteiger partial charge in [0.25, 0.3) is 0 Å². The van der Waals surface area contributed by atoms with Crippen LogP contribution in [0.1, 0.15) is 68.7 Å². The molecule has 4 N–H and O–H groups in total. The van der Waals surface area contributed by atoms with Crippen LogP contribution in [-0.4, -0.2) is 63.5 Å². The van der Waals surface area contributed by atoms with Gasteiger partial charge < -0.3 is 25.6 Å². The van der Waals surface area contributed by atoms with Crippen LogP contribution in [0.2, 0.25) is 5.28 Å². The predicted octanol–water partition coefficient (Wildman–Crippen LogP) is 3.58. The van der Waals surface area contributed by atoms with E-state index in [4.69, 9.17) is 27.5 Å². The van der Waals surface area contributed by atoms with Crippen LogP contribution in [0.3, 0.4) is 0 Å². The van der Waals surface area contributed by atoms with Crippen molar-refractivity contribution in [2.45, 2.75) is 76.5 Å². The second kappa shape index (κ2) is 9.64. The van der Waals surface area contributed by atoms with E-state index in [1.807, 2.05) is 20.8 Å². The second-order valence-corrected chi connectivity index (χ2v) is 12.9. The van der Waals surface area contributed by atoms with E-state index < -0.39 is 16.9 Å². The van der Waals surface area contributed by atoms with E-state index in [0.717, 1.165) is 24.1 Å². The number of fused-ring (bicyclic) bond motifs is 3. The number of carbonyl (C=O) groups is 2. The molecule has 13 heteroatoms. The van der Waals surface area contributed by atoms with E-state index >= 15 is 0 Å². The number of carbonyl (C=O) groups excluding carboxylic acids is 2. The van der Waals surface area contributed by atoms with Crippen molar-refractivity contribution in [2.75, 3.05) is 23.7 Å². The van der Waals surface area contributed by atoms with Gasteiger partial charge in [-0.2, -0.15) is 5.26 Å². The highest BCUT2D eigenvalue weighted by molar-refractivity contribution is 7.16. The number of amides is 2. The maximum absolute atomic E-state index is 13.5. The maximum Gasteiger partial charge on any atom is 0.410 e. The third kappa shape index (κ3) is 4.89. The first kappa shape index (κ1) is 27.1. The van der Waals surface area contributed by atoms with E-state index in [2.05, 4.69) is 26.3 Å². The molecule has 2 amide bonds. The van der Waals surface area contributed by atoms with Gasteiger partial charge in [-0.15, -0.1) is 11.3 Å². The van der Waals surface area contributed by atoms with E-state index in [1.54, 1.807) is 17.9 Å². The number of nitriles is 1. The van der Waals surface area contributed by atoms with Crippen LogP contribution >= 0.6 is 22.9 Å². The SMILES string of the molecule is CC(C)(C)OC(=O)N1C[C@@H]2C[C@H]1CN2c1cc(C(=N)NC(=O)[C@@]2(C)CCCc3sc(N)c(C#N)c32)nc(Cl)n1. The maximum atomic E-state index is 13.5. The molecule has 0 aromatic carbocycles. The molecule has 2 aromatic rings. The summed E-state index contributed by atoms with van der Waals surface area (Å²) in [6.07, 6.45) is 2.52. The quantitative estimate of drug-likeness (QED) is 0.286. The number of halogens is 1. The number of hydrogen-bond acceptors (Lipinski definition) is 10. The van der Waals surface area contributed by atoms with Crippen LogP contribution in [0, 0.1) is 16.7 Å². The topological polar surface area (TPSA) is 161 Å². The average Bonchev–Trinajstić information content (AvgIpc) is 3.55. The lowest BCUT2D eigenvalue weighted by molar-refractivity contribution is -0.125. The monoisotopic (exact) mass is 570 g/mol. The van der Waals surface area contributed by atoms with Gasteiger partial charge in [0, 0.05) is 29.6 Å². The zero-order valence-electron chi connectivity index (χ0n) is 22.3. The molecule has 0 radical (unpaired) electrons. The number of nitrogens with one attached hydrogen (secondary N) is 2. The van der Waals surface area contributed by atoms with Crippen LogP contribution in [0.4, 0.5) is 15.6 Å². The molecular formula is C26H31ClN8O3S. The minimum atomic E-state index is -1.00. The van der Waals surface area contributed by atoms with Gasteiger partial charge >= 0.3 is 6.09 Å². The zero-order valence-corrected chi connectivity index (χ0v) is 23.9. The number of amidine groups is 1. The first-order chi connectivity index (χ1) is 18.3. The number of anilines is 2. The van der Waals surface area contributed by atoms with E-state index in [-0.39, 0.29) is 35.0 Å². The van der Waals surface area contributed by atoms with Crippen molar-refractivity contribution in [1.29, 1.82) is 10.7 Å². The van der Waals surface area contributed by atoms with Gasteiger partial charge in [-0.3, -0.25) is 10.2 Å². The Balaban J connectivity index is 1.32. The molecule has 0 spiro atoms. The number of nitrogens with zero attached hydrogens (tertiary/aromatic N) is 5. The van der Waals surface area contributed by atoms with Crippen LogP contribution in [-0.2, 0) is 21.4 Å². The highest BCUT2D eigenvalue weighted by atomic mass is 35.5. The van der Waals surface area contributed by atoms with Gasteiger partial charge in [-0.25, -0.2) is 14.8 Å². The molecule has 2 aliphatic heterocycles. The molecule has 1 aliphatic carbocycles. The molecule has 3 aliphatic rings. The first-order valence-corrected chi connectivity index (χ1v) is 14.0. The van der Waals surface area contributed by atoms with Crippen LogP contribution < -0.4 is 16.0 Å².